The van der Waals surface area contributed by atoms with Crippen molar-refractivity contribution in [3.05, 3.63) is 137 Å². The molecule has 2 aromatic heterocycles. The van der Waals surface area contributed by atoms with Crippen molar-refractivity contribution in [2.45, 2.75) is 31.6 Å². The Balaban J connectivity index is 1.22. The van der Waals surface area contributed by atoms with Crippen LogP contribution in [0, 0.1) is 0 Å². The number of hydrogen-bond acceptors (Lipinski definition) is 6. The van der Waals surface area contributed by atoms with Gasteiger partial charge in [0.15, 0.2) is 5.69 Å². The Bertz CT molecular complexity index is 1760. The molecular formula is C35H29F3N4O3. The summed E-state index contributed by atoms with van der Waals surface area (Å²) in [5.41, 5.74) is 1.43. The Morgan fingerprint density at radius 3 is 2.09 bits per heavy atom. The number of pyridine rings is 1. The standard InChI is InChI=1S/C35H29F3N4O3/c36-35(37,38)32-31(45-33(40-32)27-14-8-3-9-15-27)29(43)21-26-16-17-30(39-22-26)42-19-18-41(23-25-12-6-2-7-13-25)34(44)28(42)20-24-10-4-1-5-11-24/h1-17,22,28H,18-21,23H2. The second kappa shape index (κ2) is 12.8. The lowest BCUT2D eigenvalue weighted by Crippen LogP contribution is -2.58. The number of hydrogen-bond donors (Lipinski definition) is 0. The summed E-state index contributed by atoms with van der Waals surface area (Å²) in [5, 5.41) is 0. The number of rotatable bonds is 9. The highest BCUT2D eigenvalue weighted by Gasteiger charge is 2.41. The second-order valence-electron chi connectivity index (χ2n) is 10.8. The number of carbonyl (C=O) groups excluding carboxylic acids is 2. The van der Waals surface area contributed by atoms with E-state index < -0.39 is 29.5 Å². The molecule has 0 N–H and O–H groups in total. The summed E-state index contributed by atoms with van der Waals surface area (Å²) >= 11 is 0. The van der Waals surface area contributed by atoms with E-state index >= 15 is 0 Å². The van der Waals surface area contributed by atoms with E-state index in [4.69, 9.17) is 4.42 Å². The Morgan fingerprint density at radius 1 is 0.822 bits per heavy atom. The maximum Gasteiger partial charge on any atom is 0.437 e. The van der Waals surface area contributed by atoms with Gasteiger partial charge in [0, 0.05) is 44.2 Å². The maximum atomic E-state index is 13.8. The van der Waals surface area contributed by atoms with Gasteiger partial charge in [0.25, 0.3) is 0 Å². The first kappa shape index (κ1) is 29.8. The Hall–Kier alpha value is -5.25. The van der Waals surface area contributed by atoms with Gasteiger partial charge in [-0.2, -0.15) is 13.2 Å². The van der Waals surface area contributed by atoms with Crippen LogP contribution in [0.25, 0.3) is 11.5 Å². The predicted molar refractivity (Wildman–Crippen MR) is 162 cm³/mol. The molecule has 7 nitrogen and oxygen atoms in total. The molecule has 1 aliphatic heterocycles. The molecule has 3 heterocycles. The van der Waals surface area contributed by atoms with E-state index in [1.807, 2.05) is 70.5 Å². The zero-order chi connectivity index (χ0) is 31.4. The van der Waals surface area contributed by atoms with Crippen LogP contribution in [0.15, 0.2) is 114 Å². The first-order valence-electron chi connectivity index (χ1n) is 14.5. The van der Waals surface area contributed by atoms with Crippen molar-refractivity contribution in [1.82, 2.24) is 14.9 Å². The van der Waals surface area contributed by atoms with Crippen molar-refractivity contribution >= 4 is 17.5 Å². The number of amides is 1. The largest absolute Gasteiger partial charge is 0.437 e. The molecule has 228 valence electrons. The lowest BCUT2D eigenvalue weighted by atomic mass is 10.0. The fourth-order valence-electron chi connectivity index (χ4n) is 5.47. The third-order valence-corrected chi connectivity index (χ3v) is 7.71. The van der Waals surface area contributed by atoms with Gasteiger partial charge in [-0.15, -0.1) is 0 Å². The number of ketones is 1. The molecule has 45 heavy (non-hydrogen) atoms. The quantitative estimate of drug-likeness (QED) is 0.174. The summed E-state index contributed by atoms with van der Waals surface area (Å²) in [6, 6.07) is 30.5. The van der Waals surface area contributed by atoms with E-state index in [-0.39, 0.29) is 18.2 Å². The van der Waals surface area contributed by atoms with Gasteiger partial charge in [-0.25, -0.2) is 9.97 Å². The first-order chi connectivity index (χ1) is 21.8. The van der Waals surface area contributed by atoms with Crippen LogP contribution >= 0.6 is 0 Å². The van der Waals surface area contributed by atoms with Crippen LogP contribution in [-0.4, -0.2) is 45.7 Å². The highest BCUT2D eigenvalue weighted by molar-refractivity contribution is 5.96. The monoisotopic (exact) mass is 610 g/mol. The minimum atomic E-state index is -4.87. The summed E-state index contributed by atoms with van der Waals surface area (Å²) in [7, 11) is 0. The predicted octanol–water partition coefficient (Wildman–Crippen LogP) is 6.64. The molecule has 0 spiro atoms. The van der Waals surface area contributed by atoms with E-state index in [0.29, 0.717) is 43.0 Å². The highest BCUT2D eigenvalue weighted by Crippen LogP contribution is 2.35. The van der Waals surface area contributed by atoms with Gasteiger partial charge in [-0.3, -0.25) is 9.59 Å². The van der Waals surface area contributed by atoms with Crippen molar-refractivity contribution in [3.8, 4) is 11.5 Å². The Kier molecular flexibility index (Phi) is 8.46. The molecule has 0 radical (unpaired) electrons. The fraction of sp³-hybridized carbons (Fsp3) is 0.200. The van der Waals surface area contributed by atoms with Gasteiger partial charge in [0.05, 0.1) is 0 Å². The first-order valence-corrected chi connectivity index (χ1v) is 14.5. The molecule has 1 atom stereocenters. The normalized spacial score (nSPS) is 15.4. The minimum Gasteiger partial charge on any atom is -0.432 e. The molecule has 3 aromatic carbocycles. The number of Topliss-reactive ketones (excluding diaryl/α,β-unsaturated/α-hetero) is 1. The van der Waals surface area contributed by atoms with Crippen LogP contribution in [0.2, 0.25) is 0 Å². The van der Waals surface area contributed by atoms with Crippen molar-refractivity contribution in [2.24, 2.45) is 0 Å². The molecule has 1 fully saturated rings. The number of benzene rings is 3. The van der Waals surface area contributed by atoms with Gasteiger partial charge >= 0.3 is 6.18 Å². The molecule has 0 bridgehead atoms. The van der Waals surface area contributed by atoms with E-state index in [9.17, 15) is 22.8 Å². The number of carbonyl (C=O) groups is 2. The van der Waals surface area contributed by atoms with Gasteiger partial charge in [0.2, 0.25) is 23.3 Å². The molecule has 5 aromatic rings. The maximum absolute atomic E-state index is 13.8. The molecule has 0 aliphatic carbocycles. The molecule has 1 aliphatic rings. The smallest absolute Gasteiger partial charge is 0.432 e. The number of alkyl halides is 3. The van der Waals surface area contributed by atoms with Crippen molar-refractivity contribution in [3.63, 3.8) is 0 Å². The van der Waals surface area contributed by atoms with Crippen molar-refractivity contribution in [2.75, 3.05) is 18.0 Å². The van der Waals surface area contributed by atoms with Gasteiger partial charge < -0.3 is 14.2 Å². The third-order valence-electron chi connectivity index (χ3n) is 7.71. The molecule has 10 heteroatoms. The molecule has 1 saturated heterocycles. The summed E-state index contributed by atoms with van der Waals surface area (Å²) < 4.78 is 46.7. The zero-order valence-corrected chi connectivity index (χ0v) is 24.2. The second-order valence-corrected chi connectivity index (χ2v) is 10.8. The number of halogens is 3. The Morgan fingerprint density at radius 2 is 1.47 bits per heavy atom. The van der Waals surface area contributed by atoms with Crippen LogP contribution in [0.1, 0.15) is 32.9 Å². The Labute approximate surface area is 258 Å². The third kappa shape index (κ3) is 6.80. The van der Waals surface area contributed by atoms with E-state index in [1.165, 1.54) is 6.20 Å². The molecular weight excluding hydrogens is 581 g/mol. The number of piperazine rings is 1. The number of aromatic nitrogens is 2. The van der Waals surface area contributed by atoms with Gasteiger partial charge in [-0.05, 0) is 34.9 Å². The van der Waals surface area contributed by atoms with E-state index in [2.05, 4.69) is 9.97 Å². The number of nitrogens with zero attached hydrogens (tertiary/aromatic N) is 4. The molecule has 6 rings (SSSR count). The van der Waals surface area contributed by atoms with Crippen LogP contribution in [0.5, 0.6) is 0 Å². The van der Waals surface area contributed by atoms with Crippen molar-refractivity contribution in [1.29, 1.82) is 0 Å². The number of oxazole rings is 1. The highest BCUT2D eigenvalue weighted by atomic mass is 19.4. The number of anilines is 1. The summed E-state index contributed by atoms with van der Waals surface area (Å²) in [6.07, 6.45) is -3.30. The van der Waals surface area contributed by atoms with E-state index in [0.717, 1.165) is 11.1 Å². The fourth-order valence-corrected chi connectivity index (χ4v) is 5.47. The molecule has 0 saturated carbocycles. The van der Waals surface area contributed by atoms with Gasteiger partial charge in [0.1, 0.15) is 11.9 Å². The summed E-state index contributed by atoms with van der Waals surface area (Å²) in [5.74, 6) is -1.46. The SMILES string of the molecule is O=C(Cc1ccc(N2CCN(Cc3ccccc3)C(=O)C2Cc2ccccc2)nc1)c1oc(-c2ccccc2)nc1C(F)(F)F. The molecule has 1 amide bonds. The lowest BCUT2D eigenvalue weighted by molar-refractivity contribution is -0.141. The lowest BCUT2D eigenvalue weighted by Gasteiger charge is -2.41. The zero-order valence-electron chi connectivity index (χ0n) is 24.2. The van der Waals surface area contributed by atoms with E-state index in [1.54, 1.807) is 42.5 Å². The van der Waals surface area contributed by atoms with Crippen molar-refractivity contribution < 1.29 is 27.2 Å². The van der Waals surface area contributed by atoms with Crippen LogP contribution in [0.3, 0.4) is 0 Å². The van der Waals surface area contributed by atoms with Crippen LogP contribution < -0.4 is 4.90 Å². The summed E-state index contributed by atoms with van der Waals surface area (Å²) in [4.78, 5) is 38.8. The average molecular weight is 611 g/mol. The topological polar surface area (TPSA) is 79.5 Å². The minimum absolute atomic E-state index is 0.0192. The van der Waals surface area contributed by atoms with Crippen LogP contribution in [0.4, 0.5) is 19.0 Å². The summed E-state index contributed by atoms with van der Waals surface area (Å²) in [6.45, 7) is 1.54. The average Bonchev–Trinajstić information content (AvgIpc) is 3.52. The van der Waals surface area contributed by atoms with Gasteiger partial charge in [-0.1, -0.05) is 84.9 Å². The molecule has 1 unspecified atom stereocenters. The van der Waals surface area contributed by atoms with Crippen LogP contribution in [-0.2, 0) is 30.4 Å².